The molecule has 0 aromatic heterocycles. The van der Waals surface area contributed by atoms with E-state index in [0.29, 0.717) is 18.8 Å². The van der Waals surface area contributed by atoms with Crippen LogP contribution in [0.1, 0.15) is 0 Å². The predicted octanol–water partition coefficient (Wildman–Crippen LogP) is 0.900. The molecule has 5 heteroatoms. The number of anilines is 1. The Bertz CT molecular complexity index is 436. The van der Waals surface area contributed by atoms with Gasteiger partial charge in [-0.1, -0.05) is 12.1 Å². The van der Waals surface area contributed by atoms with Gasteiger partial charge in [-0.3, -0.25) is 0 Å². The first-order chi connectivity index (χ1) is 8.63. The lowest BCUT2D eigenvalue weighted by Crippen LogP contribution is -2.55. The minimum absolute atomic E-state index is 0.521. The van der Waals surface area contributed by atoms with E-state index < -0.39 is 12.0 Å². The Balaban J connectivity index is 2.32. The van der Waals surface area contributed by atoms with Crippen LogP contribution in [0.25, 0.3) is 0 Å². The Labute approximate surface area is 107 Å². The van der Waals surface area contributed by atoms with Crippen molar-refractivity contribution in [1.29, 1.82) is 0 Å². The van der Waals surface area contributed by atoms with E-state index in [2.05, 4.69) is 0 Å². The molecule has 0 amide bonds. The number of carboxylic acids is 1. The van der Waals surface area contributed by atoms with Gasteiger partial charge in [0.2, 0.25) is 0 Å². The Morgan fingerprint density at radius 2 is 2.11 bits per heavy atom. The van der Waals surface area contributed by atoms with E-state index in [1.807, 2.05) is 41.1 Å². The van der Waals surface area contributed by atoms with Gasteiger partial charge in [-0.25, -0.2) is 4.79 Å². The molecule has 2 rings (SSSR count). The Kier molecular flexibility index (Phi) is 3.72. The number of hydrogen-bond donors (Lipinski definition) is 1. The zero-order chi connectivity index (χ0) is 13.1. The normalized spacial score (nSPS) is 20.8. The number of aliphatic carboxylic acids is 1. The summed E-state index contributed by atoms with van der Waals surface area (Å²) in [6.45, 7) is 2.06. The third-order valence-corrected chi connectivity index (χ3v) is 3.26. The number of ether oxygens (including phenoxy) is 1. The fourth-order valence-electron chi connectivity index (χ4n) is 2.29. The molecule has 0 spiro atoms. The molecule has 1 heterocycles. The second-order valence-electron chi connectivity index (χ2n) is 4.48. The third kappa shape index (κ3) is 2.41. The zero-order valence-electron chi connectivity index (χ0n) is 10.7. The Morgan fingerprint density at radius 3 is 2.78 bits per heavy atom. The van der Waals surface area contributed by atoms with E-state index in [4.69, 9.17) is 4.74 Å². The summed E-state index contributed by atoms with van der Waals surface area (Å²) in [6.07, 6.45) is 0. The standard InChI is InChI=1S/C13H18N2O3/c1-14-7-8-15(11(9-14)13(16)17)10-5-3-4-6-12(10)18-2/h3-6,11H,7-9H2,1-2H3,(H,16,17). The van der Waals surface area contributed by atoms with Crippen LogP contribution in [-0.4, -0.2) is 55.8 Å². The summed E-state index contributed by atoms with van der Waals surface area (Å²) in [5.74, 6) is -0.0826. The molecule has 98 valence electrons. The first kappa shape index (κ1) is 12.7. The Morgan fingerprint density at radius 1 is 1.39 bits per heavy atom. The second-order valence-corrected chi connectivity index (χ2v) is 4.48. The lowest BCUT2D eigenvalue weighted by Gasteiger charge is -2.39. The van der Waals surface area contributed by atoms with Crippen LogP contribution in [0, 0.1) is 0 Å². The number of rotatable bonds is 3. The summed E-state index contributed by atoms with van der Waals surface area (Å²) in [6, 6.07) is 7.01. The monoisotopic (exact) mass is 250 g/mol. The quantitative estimate of drug-likeness (QED) is 0.864. The van der Waals surface area contributed by atoms with Gasteiger partial charge in [0, 0.05) is 19.6 Å². The van der Waals surface area contributed by atoms with E-state index in [0.717, 1.165) is 12.2 Å². The summed E-state index contributed by atoms with van der Waals surface area (Å²) < 4.78 is 5.31. The van der Waals surface area contributed by atoms with E-state index >= 15 is 0 Å². The van der Waals surface area contributed by atoms with E-state index in [9.17, 15) is 9.90 Å². The molecule has 0 bridgehead atoms. The van der Waals surface area contributed by atoms with Crippen LogP contribution in [0.15, 0.2) is 24.3 Å². The van der Waals surface area contributed by atoms with E-state index in [1.165, 1.54) is 0 Å². The van der Waals surface area contributed by atoms with Gasteiger partial charge >= 0.3 is 5.97 Å². The molecular formula is C13H18N2O3. The fraction of sp³-hybridized carbons (Fsp3) is 0.462. The maximum Gasteiger partial charge on any atom is 0.327 e. The van der Waals surface area contributed by atoms with Crippen LogP contribution in [-0.2, 0) is 4.79 Å². The van der Waals surface area contributed by atoms with Crippen molar-refractivity contribution >= 4 is 11.7 Å². The molecule has 1 aliphatic heterocycles. The third-order valence-electron chi connectivity index (χ3n) is 3.26. The van der Waals surface area contributed by atoms with Gasteiger partial charge in [0.25, 0.3) is 0 Å². The largest absolute Gasteiger partial charge is 0.495 e. The maximum absolute atomic E-state index is 11.4. The predicted molar refractivity (Wildman–Crippen MR) is 69.3 cm³/mol. The zero-order valence-corrected chi connectivity index (χ0v) is 10.7. The van der Waals surface area contributed by atoms with Crippen molar-refractivity contribution in [2.24, 2.45) is 0 Å². The highest BCUT2D eigenvalue weighted by atomic mass is 16.5. The number of nitrogens with zero attached hydrogens (tertiary/aromatic N) is 2. The van der Waals surface area contributed by atoms with Crippen molar-refractivity contribution in [3.05, 3.63) is 24.3 Å². The van der Waals surface area contributed by atoms with Crippen molar-refractivity contribution < 1.29 is 14.6 Å². The van der Waals surface area contributed by atoms with Crippen LogP contribution in [0.4, 0.5) is 5.69 Å². The second kappa shape index (κ2) is 5.27. The van der Waals surface area contributed by atoms with Gasteiger partial charge in [0.05, 0.1) is 12.8 Å². The number of carbonyl (C=O) groups is 1. The van der Waals surface area contributed by atoms with Crippen LogP contribution in [0.5, 0.6) is 5.75 Å². The first-order valence-electron chi connectivity index (χ1n) is 5.94. The van der Waals surface area contributed by atoms with Crippen molar-refractivity contribution in [1.82, 2.24) is 4.90 Å². The van der Waals surface area contributed by atoms with Gasteiger partial charge in [-0.15, -0.1) is 0 Å². The smallest absolute Gasteiger partial charge is 0.327 e. The lowest BCUT2D eigenvalue weighted by molar-refractivity contribution is -0.139. The molecule has 1 aliphatic rings. The Hall–Kier alpha value is -1.75. The number of methoxy groups -OCH3 is 1. The van der Waals surface area contributed by atoms with Gasteiger partial charge < -0.3 is 19.6 Å². The fourth-order valence-corrected chi connectivity index (χ4v) is 2.29. The molecule has 1 N–H and O–H groups in total. The minimum atomic E-state index is -0.799. The number of hydrogen-bond acceptors (Lipinski definition) is 4. The number of para-hydroxylation sites is 2. The molecule has 0 aliphatic carbocycles. The van der Waals surface area contributed by atoms with E-state index in [1.54, 1.807) is 7.11 Å². The molecule has 1 aromatic rings. The van der Waals surface area contributed by atoms with Gasteiger partial charge in [-0.2, -0.15) is 0 Å². The summed E-state index contributed by atoms with van der Waals surface area (Å²) in [7, 11) is 3.54. The maximum atomic E-state index is 11.4. The lowest BCUT2D eigenvalue weighted by atomic mass is 10.1. The van der Waals surface area contributed by atoms with Gasteiger partial charge in [0.15, 0.2) is 0 Å². The molecule has 1 fully saturated rings. The summed E-state index contributed by atoms with van der Waals surface area (Å²) in [5, 5.41) is 9.34. The molecule has 1 atom stereocenters. The van der Waals surface area contributed by atoms with Gasteiger partial charge in [-0.05, 0) is 19.2 Å². The average molecular weight is 250 g/mol. The number of benzene rings is 1. The van der Waals surface area contributed by atoms with Crippen LogP contribution < -0.4 is 9.64 Å². The molecule has 0 radical (unpaired) electrons. The summed E-state index contributed by atoms with van der Waals surface area (Å²) in [4.78, 5) is 15.3. The van der Waals surface area contributed by atoms with Crippen molar-refractivity contribution in [3.63, 3.8) is 0 Å². The topological polar surface area (TPSA) is 53.0 Å². The number of piperazine rings is 1. The molecule has 0 saturated carbocycles. The minimum Gasteiger partial charge on any atom is -0.495 e. The molecule has 1 saturated heterocycles. The average Bonchev–Trinajstić information content (AvgIpc) is 2.38. The summed E-state index contributed by atoms with van der Waals surface area (Å²) in [5.41, 5.74) is 0.848. The van der Waals surface area contributed by atoms with Crippen molar-refractivity contribution in [2.45, 2.75) is 6.04 Å². The molecule has 18 heavy (non-hydrogen) atoms. The van der Waals surface area contributed by atoms with E-state index in [-0.39, 0.29) is 0 Å². The molecule has 1 aromatic carbocycles. The molecular weight excluding hydrogens is 232 g/mol. The first-order valence-corrected chi connectivity index (χ1v) is 5.94. The van der Waals surface area contributed by atoms with Crippen molar-refractivity contribution in [2.75, 3.05) is 38.7 Å². The summed E-state index contributed by atoms with van der Waals surface area (Å²) >= 11 is 0. The van der Waals surface area contributed by atoms with Crippen LogP contribution >= 0.6 is 0 Å². The highest BCUT2D eigenvalue weighted by molar-refractivity contribution is 5.80. The molecule has 1 unspecified atom stereocenters. The van der Waals surface area contributed by atoms with Crippen LogP contribution in [0.3, 0.4) is 0 Å². The van der Waals surface area contributed by atoms with Gasteiger partial charge in [0.1, 0.15) is 11.8 Å². The number of likely N-dealkylation sites (N-methyl/N-ethyl adjacent to an activating group) is 1. The SMILES string of the molecule is COc1ccccc1N1CCN(C)CC1C(=O)O. The van der Waals surface area contributed by atoms with Crippen molar-refractivity contribution in [3.8, 4) is 5.75 Å². The molecule has 5 nitrogen and oxygen atoms in total. The highest BCUT2D eigenvalue weighted by Gasteiger charge is 2.32. The van der Waals surface area contributed by atoms with Crippen LogP contribution in [0.2, 0.25) is 0 Å². The number of carboxylic acid groups (broad SMARTS) is 1. The highest BCUT2D eigenvalue weighted by Crippen LogP contribution is 2.30.